The summed E-state index contributed by atoms with van der Waals surface area (Å²) in [7, 11) is 0. The lowest BCUT2D eigenvalue weighted by Gasteiger charge is -2.13. The number of hydrogen-bond acceptors (Lipinski definition) is 2. The molecule has 1 atom stereocenters. The van der Waals surface area contributed by atoms with Gasteiger partial charge in [0.1, 0.15) is 11.6 Å². The average molecular weight is 288 g/mol. The summed E-state index contributed by atoms with van der Waals surface area (Å²) in [6, 6.07) is 3.61. The molecular weight excluding hydrogens is 279 g/mol. The molecular formula is C13H9F5N2. The topological polar surface area (TPSA) is 38.9 Å². The number of nitrogens with two attached hydrogens (primary N) is 1. The van der Waals surface area contributed by atoms with E-state index in [1.165, 1.54) is 0 Å². The molecule has 0 amide bonds. The molecule has 0 saturated heterocycles. The molecule has 0 spiro atoms. The molecule has 0 saturated carbocycles. The van der Waals surface area contributed by atoms with Crippen molar-refractivity contribution in [3.63, 3.8) is 0 Å². The summed E-state index contributed by atoms with van der Waals surface area (Å²) in [5.74, 6) is -1.64. The molecule has 7 heteroatoms. The molecule has 1 aromatic carbocycles. The number of benzene rings is 1. The monoisotopic (exact) mass is 288 g/mol. The Balaban J connectivity index is 2.31. The van der Waals surface area contributed by atoms with Crippen LogP contribution in [0.3, 0.4) is 0 Å². The average Bonchev–Trinajstić information content (AvgIpc) is 2.37. The van der Waals surface area contributed by atoms with Crippen LogP contribution in [-0.4, -0.2) is 4.98 Å². The molecule has 2 nitrogen and oxygen atoms in total. The van der Waals surface area contributed by atoms with Gasteiger partial charge in [-0.15, -0.1) is 0 Å². The van der Waals surface area contributed by atoms with Gasteiger partial charge in [0.05, 0.1) is 17.3 Å². The van der Waals surface area contributed by atoms with Gasteiger partial charge in [0.25, 0.3) is 0 Å². The minimum absolute atomic E-state index is 0.0429. The number of nitrogens with zero attached hydrogens (tertiary/aromatic N) is 1. The molecule has 0 radical (unpaired) electrons. The standard InChI is InChI=1S/C13H9F5N2/c14-8-2-3-9(10(15)5-8)12(19)11-4-1-7(6-20-11)13(16,17)18/h1-6,12H,19H2. The second-order valence-corrected chi connectivity index (χ2v) is 4.11. The number of halogens is 5. The highest BCUT2D eigenvalue weighted by Crippen LogP contribution is 2.29. The van der Waals surface area contributed by atoms with Gasteiger partial charge >= 0.3 is 6.18 Å². The number of aromatic nitrogens is 1. The van der Waals surface area contributed by atoms with Crippen LogP contribution >= 0.6 is 0 Å². The SMILES string of the molecule is NC(c1ccc(C(F)(F)F)cn1)c1ccc(F)cc1F. The Morgan fingerprint density at radius 1 is 1.05 bits per heavy atom. The van der Waals surface area contributed by atoms with E-state index < -0.39 is 29.4 Å². The fraction of sp³-hybridized carbons (Fsp3) is 0.154. The first-order chi connectivity index (χ1) is 9.29. The van der Waals surface area contributed by atoms with Crippen LogP contribution in [0.5, 0.6) is 0 Å². The molecule has 1 unspecified atom stereocenters. The Hall–Kier alpha value is -2.02. The second-order valence-electron chi connectivity index (χ2n) is 4.11. The lowest BCUT2D eigenvalue weighted by Crippen LogP contribution is -2.16. The van der Waals surface area contributed by atoms with E-state index in [4.69, 9.17) is 5.73 Å². The summed E-state index contributed by atoms with van der Waals surface area (Å²) in [5.41, 5.74) is 4.81. The third-order valence-corrected chi connectivity index (χ3v) is 2.73. The van der Waals surface area contributed by atoms with Crippen LogP contribution < -0.4 is 5.73 Å². The van der Waals surface area contributed by atoms with Gasteiger partial charge in [-0.1, -0.05) is 6.07 Å². The van der Waals surface area contributed by atoms with Gasteiger partial charge in [-0.05, 0) is 18.2 Å². The minimum Gasteiger partial charge on any atom is -0.319 e. The van der Waals surface area contributed by atoms with E-state index in [0.717, 1.165) is 24.3 Å². The van der Waals surface area contributed by atoms with Crippen LogP contribution in [0.4, 0.5) is 22.0 Å². The van der Waals surface area contributed by atoms with Crippen molar-refractivity contribution < 1.29 is 22.0 Å². The van der Waals surface area contributed by atoms with Crippen molar-refractivity contribution in [2.75, 3.05) is 0 Å². The zero-order valence-corrected chi connectivity index (χ0v) is 9.96. The van der Waals surface area contributed by atoms with Crippen molar-refractivity contribution in [3.05, 3.63) is 65.0 Å². The van der Waals surface area contributed by atoms with E-state index in [1.54, 1.807) is 0 Å². The summed E-state index contributed by atoms with van der Waals surface area (Å²) >= 11 is 0. The van der Waals surface area contributed by atoms with E-state index in [1.807, 2.05) is 0 Å². The van der Waals surface area contributed by atoms with Crippen LogP contribution in [-0.2, 0) is 6.18 Å². The lowest BCUT2D eigenvalue weighted by atomic mass is 10.0. The van der Waals surface area contributed by atoms with Crippen LogP contribution in [0.15, 0.2) is 36.5 Å². The van der Waals surface area contributed by atoms with Gasteiger partial charge in [0.15, 0.2) is 0 Å². The molecule has 0 aliphatic rings. The molecule has 2 rings (SSSR count). The maximum Gasteiger partial charge on any atom is 0.417 e. The maximum absolute atomic E-state index is 13.5. The maximum atomic E-state index is 13.5. The molecule has 1 heterocycles. The number of rotatable bonds is 2. The van der Waals surface area contributed by atoms with Crippen molar-refractivity contribution in [1.82, 2.24) is 4.98 Å². The summed E-state index contributed by atoms with van der Waals surface area (Å²) < 4.78 is 63.4. The van der Waals surface area contributed by atoms with Crippen LogP contribution in [0, 0.1) is 11.6 Å². The second kappa shape index (κ2) is 5.16. The van der Waals surface area contributed by atoms with E-state index in [2.05, 4.69) is 4.98 Å². The van der Waals surface area contributed by atoms with Crippen LogP contribution in [0.2, 0.25) is 0 Å². The summed E-state index contributed by atoms with van der Waals surface area (Å²) in [6.45, 7) is 0. The zero-order valence-electron chi connectivity index (χ0n) is 9.96. The summed E-state index contributed by atoms with van der Waals surface area (Å²) in [6.07, 6.45) is -3.88. The Morgan fingerprint density at radius 3 is 2.25 bits per heavy atom. The molecule has 0 aliphatic heterocycles. The van der Waals surface area contributed by atoms with Gasteiger partial charge in [-0.2, -0.15) is 13.2 Å². The predicted octanol–water partition coefficient (Wildman–Crippen LogP) is 3.43. The van der Waals surface area contributed by atoms with Gasteiger partial charge in [0, 0.05) is 17.8 Å². The fourth-order valence-corrected chi connectivity index (χ4v) is 1.67. The van der Waals surface area contributed by atoms with Crippen molar-refractivity contribution in [3.8, 4) is 0 Å². The van der Waals surface area contributed by atoms with E-state index in [-0.39, 0.29) is 11.3 Å². The first-order valence-corrected chi connectivity index (χ1v) is 5.52. The quantitative estimate of drug-likeness (QED) is 0.860. The minimum atomic E-state index is -4.50. The third kappa shape index (κ3) is 2.93. The largest absolute Gasteiger partial charge is 0.417 e. The predicted molar refractivity (Wildman–Crippen MR) is 61.6 cm³/mol. The fourth-order valence-electron chi connectivity index (χ4n) is 1.67. The Labute approximate surface area is 111 Å². The molecule has 0 fully saturated rings. The first-order valence-electron chi connectivity index (χ1n) is 5.52. The van der Waals surface area contributed by atoms with Crippen LogP contribution in [0.1, 0.15) is 22.9 Å². The molecule has 106 valence electrons. The van der Waals surface area contributed by atoms with E-state index >= 15 is 0 Å². The number of alkyl halides is 3. The van der Waals surface area contributed by atoms with Crippen LogP contribution in [0.25, 0.3) is 0 Å². The smallest absolute Gasteiger partial charge is 0.319 e. The molecule has 2 N–H and O–H groups in total. The van der Waals surface area contributed by atoms with Crippen molar-refractivity contribution in [2.24, 2.45) is 5.73 Å². The molecule has 20 heavy (non-hydrogen) atoms. The van der Waals surface area contributed by atoms with Gasteiger partial charge in [-0.25, -0.2) is 8.78 Å². The molecule has 0 aliphatic carbocycles. The Kier molecular flexibility index (Phi) is 3.71. The summed E-state index contributed by atoms with van der Waals surface area (Å²) in [5, 5.41) is 0. The summed E-state index contributed by atoms with van der Waals surface area (Å²) in [4.78, 5) is 3.58. The highest BCUT2D eigenvalue weighted by atomic mass is 19.4. The van der Waals surface area contributed by atoms with Gasteiger partial charge < -0.3 is 5.73 Å². The number of hydrogen-bond donors (Lipinski definition) is 1. The van der Waals surface area contributed by atoms with Crippen molar-refractivity contribution in [2.45, 2.75) is 12.2 Å². The van der Waals surface area contributed by atoms with E-state index in [9.17, 15) is 22.0 Å². The van der Waals surface area contributed by atoms with Gasteiger partial charge in [0.2, 0.25) is 0 Å². The Morgan fingerprint density at radius 2 is 1.75 bits per heavy atom. The molecule has 1 aromatic heterocycles. The normalized spacial score (nSPS) is 13.3. The van der Waals surface area contributed by atoms with Gasteiger partial charge in [-0.3, -0.25) is 4.98 Å². The highest BCUT2D eigenvalue weighted by molar-refractivity contribution is 5.30. The van der Waals surface area contributed by atoms with Crippen molar-refractivity contribution in [1.29, 1.82) is 0 Å². The molecule has 0 bridgehead atoms. The number of pyridine rings is 1. The molecule has 2 aromatic rings. The van der Waals surface area contributed by atoms with E-state index in [0.29, 0.717) is 12.3 Å². The first kappa shape index (κ1) is 14.4. The Bertz CT molecular complexity index is 607. The van der Waals surface area contributed by atoms with Crippen molar-refractivity contribution >= 4 is 0 Å². The highest BCUT2D eigenvalue weighted by Gasteiger charge is 2.31. The lowest BCUT2D eigenvalue weighted by molar-refractivity contribution is -0.137. The zero-order chi connectivity index (χ0) is 14.9. The third-order valence-electron chi connectivity index (χ3n) is 2.73.